The number of benzene rings is 1. The smallest absolute Gasteiger partial charge is 0.318 e. The Morgan fingerprint density at radius 2 is 1.67 bits per heavy atom. The van der Waals surface area contributed by atoms with Gasteiger partial charge in [-0.25, -0.2) is 4.79 Å². The topological polar surface area (TPSA) is 65.1 Å². The van der Waals surface area contributed by atoms with Crippen molar-refractivity contribution in [1.82, 2.24) is 15.1 Å². The minimum Gasteiger partial charge on any atom is -0.378 e. The van der Waals surface area contributed by atoms with Gasteiger partial charge in [0.2, 0.25) is 5.91 Å². The molecule has 7 nitrogen and oxygen atoms in total. The second-order valence-corrected chi connectivity index (χ2v) is 7.50. The lowest BCUT2D eigenvalue weighted by atomic mass is 10.2. The molecule has 0 aromatic heterocycles. The normalized spacial score (nSPS) is 19.0. The molecule has 2 heterocycles. The van der Waals surface area contributed by atoms with E-state index in [1.807, 2.05) is 12.1 Å². The molecule has 0 radical (unpaired) electrons. The Morgan fingerprint density at radius 3 is 2.30 bits per heavy atom. The number of rotatable bonds is 3. The van der Waals surface area contributed by atoms with Crippen molar-refractivity contribution in [2.24, 2.45) is 0 Å². The number of morpholine rings is 1. The molecular weight excluding hydrogens is 391 g/mol. The Bertz CT molecular complexity index is 689. The number of piperazine rings is 1. The van der Waals surface area contributed by atoms with Crippen molar-refractivity contribution >= 4 is 40.8 Å². The van der Waals surface area contributed by atoms with Gasteiger partial charge >= 0.3 is 6.03 Å². The summed E-state index contributed by atoms with van der Waals surface area (Å²) in [6.45, 7) is 6.49. The van der Waals surface area contributed by atoms with Gasteiger partial charge in [0.1, 0.15) is 6.04 Å². The van der Waals surface area contributed by atoms with E-state index >= 15 is 0 Å². The van der Waals surface area contributed by atoms with E-state index in [-0.39, 0.29) is 11.9 Å². The molecule has 9 heteroatoms. The van der Waals surface area contributed by atoms with Gasteiger partial charge < -0.3 is 24.8 Å². The van der Waals surface area contributed by atoms with Gasteiger partial charge in [-0.15, -0.1) is 0 Å². The van der Waals surface area contributed by atoms with Crippen LogP contribution in [-0.4, -0.2) is 80.3 Å². The number of urea groups is 1. The summed E-state index contributed by atoms with van der Waals surface area (Å²) < 4.78 is 5.26. The Balaban J connectivity index is 1.49. The lowest BCUT2D eigenvalue weighted by Gasteiger charge is -2.37. The fourth-order valence-electron chi connectivity index (χ4n) is 3.25. The average Bonchev–Trinajstić information content (AvgIpc) is 2.70. The maximum atomic E-state index is 12.5. The van der Waals surface area contributed by atoms with Gasteiger partial charge in [-0.3, -0.25) is 4.79 Å². The highest BCUT2D eigenvalue weighted by Gasteiger charge is 2.27. The van der Waals surface area contributed by atoms with Crippen LogP contribution in [0.25, 0.3) is 0 Å². The molecule has 148 valence electrons. The number of hydrogen-bond donors (Lipinski definition) is 1. The van der Waals surface area contributed by atoms with Crippen LogP contribution in [0.3, 0.4) is 0 Å². The van der Waals surface area contributed by atoms with Crippen LogP contribution in [0.2, 0.25) is 10.0 Å². The number of hydrogen-bond acceptors (Lipinski definition) is 4. The summed E-state index contributed by atoms with van der Waals surface area (Å²) >= 11 is 12.1. The van der Waals surface area contributed by atoms with Gasteiger partial charge in [0.15, 0.2) is 0 Å². The molecule has 3 rings (SSSR count). The molecule has 0 unspecified atom stereocenters. The molecule has 2 fully saturated rings. The highest BCUT2D eigenvalue weighted by molar-refractivity contribution is 6.42. The first kappa shape index (κ1) is 20.0. The molecule has 0 aliphatic carbocycles. The number of ether oxygens (including phenoxy) is 1. The summed E-state index contributed by atoms with van der Waals surface area (Å²) in [5, 5.41) is 3.86. The Hall–Kier alpha value is -1.70. The van der Waals surface area contributed by atoms with Crippen LogP contribution in [0.4, 0.5) is 10.5 Å². The van der Waals surface area contributed by atoms with Crippen LogP contribution in [0.1, 0.15) is 6.92 Å². The Labute approximate surface area is 169 Å². The predicted molar refractivity (Wildman–Crippen MR) is 106 cm³/mol. The molecule has 27 heavy (non-hydrogen) atoms. The van der Waals surface area contributed by atoms with E-state index in [0.29, 0.717) is 62.5 Å². The van der Waals surface area contributed by atoms with E-state index in [9.17, 15) is 9.59 Å². The number of nitrogens with zero attached hydrogens (tertiary/aromatic N) is 3. The zero-order valence-electron chi connectivity index (χ0n) is 15.3. The summed E-state index contributed by atoms with van der Waals surface area (Å²) in [6.07, 6.45) is 0. The lowest BCUT2D eigenvalue weighted by Crippen LogP contribution is -2.56. The first-order valence-corrected chi connectivity index (χ1v) is 9.83. The molecule has 2 aliphatic heterocycles. The van der Waals surface area contributed by atoms with Crippen LogP contribution in [-0.2, 0) is 9.53 Å². The Morgan fingerprint density at radius 1 is 1.00 bits per heavy atom. The molecular formula is C18H24Cl2N4O3. The van der Waals surface area contributed by atoms with Gasteiger partial charge in [-0.1, -0.05) is 23.2 Å². The van der Waals surface area contributed by atoms with Crippen molar-refractivity contribution in [1.29, 1.82) is 0 Å². The molecule has 0 bridgehead atoms. The van der Waals surface area contributed by atoms with E-state index < -0.39 is 6.04 Å². The fraction of sp³-hybridized carbons (Fsp3) is 0.556. The minimum atomic E-state index is -0.552. The van der Waals surface area contributed by atoms with Gasteiger partial charge in [-0.2, -0.15) is 0 Å². The summed E-state index contributed by atoms with van der Waals surface area (Å²) in [5.41, 5.74) is 0.986. The predicted octanol–water partition coefficient (Wildman–Crippen LogP) is 2.07. The third-order valence-corrected chi connectivity index (χ3v) is 5.61. The molecule has 3 amide bonds. The van der Waals surface area contributed by atoms with Crippen molar-refractivity contribution in [2.75, 3.05) is 57.4 Å². The third kappa shape index (κ3) is 4.97. The molecule has 0 saturated carbocycles. The first-order valence-electron chi connectivity index (χ1n) is 9.07. The summed E-state index contributed by atoms with van der Waals surface area (Å²) in [6, 6.07) is 4.77. The lowest BCUT2D eigenvalue weighted by molar-refractivity contribution is -0.136. The zero-order chi connectivity index (χ0) is 19.4. The highest BCUT2D eigenvalue weighted by Crippen LogP contribution is 2.27. The van der Waals surface area contributed by atoms with Crippen LogP contribution in [0.5, 0.6) is 0 Å². The number of halogens is 2. The van der Waals surface area contributed by atoms with E-state index in [0.717, 1.165) is 5.69 Å². The molecule has 1 atom stereocenters. The molecule has 1 N–H and O–H groups in total. The minimum absolute atomic E-state index is 0.0684. The first-order chi connectivity index (χ1) is 13.0. The van der Waals surface area contributed by atoms with Crippen molar-refractivity contribution in [3.8, 4) is 0 Å². The molecule has 1 aromatic rings. The average molecular weight is 415 g/mol. The fourth-order valence-corrected chi connectivity index (χ4v) is 3.54. The second-order valence-electron chi connectivity index (χ2n) is 6.68. The number of carbonyl (C=O) groups excluding carboxylic acids is 2. The quantitative estimate of drug-likeness (QED) is 0.821. The number of carbonyl (C=O) groups is 2. The van der Waals surface area contributed by atoms with Crippen molar-refractivity contribution < 1.29 is 14.3 Å². The third-order valence-electron chi connectivity index (χ3n) is 4.87. The summed E-state index contributed by atoms with van der Waals surface area (Å²) in [4.78, 5) is 30.5. The summed E-state index contributed by atoms with van der Waals surface area (Å²) in [7, 11) is 0. The maximum Gasteiger partial charge on any atom is 0.318 e. The monoisotopic (exact) mass is 414 g/mol. The number of amides is 3. The highest BCUT2D eigenvalue weighted by atomic mass is 35.5. The SMILES string of the molecule is C[C@H](NC(=O)N1CCN(c2ccc(Cl)c(Cl)c2)CC1)C(=O)N1CCOCC1. The molecule has 2 saturated heterocycles. The van der Waals surface area contributed by atoms with E-state index in [2.05, 4.69) is 10.2 Å². The zero-order valence-corrected chi connectivity index (χ0v) is 16.8. The largest absolute Gasteiger partial charge is 0.378 e. The van der Waals surface area contributed by atoms with Crippen LogP contribution in [0, 0.1) is 0 Å². The molecule has 2 aliphatic rings. The summed E-state index contributed by atoms with van der Waals surface area (Å²) in [5.74, 6) is -0.0684. The number of anilines is 1. The van der Waals surface area contributed by atoms with Gasteiger partial charge in [-0.05, 0) is 25.1 Å². The van der Waals surface area contributed by atoms with Crippen molar-refractivity contribution in [2.45, 2.75) is 13.0 Å². The van der Waals surface area contributed by atoms with E-state index in [1.165, 1.54) is 0 Å². The standard InChI is InChI=1S/C18H24Cl2N4O3/c1-13(17(25)23-8-10-27-11-9-23)21-18(26)24-6-4-22(5-7-24)14-2-3-15(19)16(20)12-14/h2-3,12-13H,4-11H2,1H3,(H,21,26)/t13-/m0/s1. The van der Waals surface area contributed by atoms with Gasteiger partial charge in [0.05, 0.1) is 23.3 Å². The van der Waals surface area contributed by atoms with Crippen LogP contribution >= 0.6 is 23.2 Å². The van der Waals surface area contributed by atoms with E-state index in [4.69, 9.17) is 27.9 Å². The molecule has 0 spiro atoms. The number of nitrogens with one attached hydrogen (secondary N) is 1. The molecule has 1 aromatic carbocycles. The van der Waals surface area contributed by atoms with Gasteiger partial charge in [0.25, 0.3) is 0 Å². The van der Waals surface area contributed by atoms with Gasteiger partial charge in [0, 0.05) is 45.0 Å². The maximum absolute atomic E-state index is 12.5. The van der Waals surface area contributed by atoms with Crippen LogP contribution < -0.4 is 10.2 Å². The van der Waals surface area contributed by atoms with Crippen molar-refractivity contribution in [3.63, 3.8) is 0 Å². The van der Waals surface area contributed by atoms with E-state index in [1.54, 1.807) is 22.8 Å². The Kier molecular flexibility index (Phi) is 6.68. The second kappa shape index (κ2) is 8.99. The van der Waals surface area contributed by atoms with Crippen molar-refractivity contribution in [3.05, 3.63) is 28.2 Å². The van der Waals surface area contributed by atoms with Crippen LogP contribution in [0.15, 0.2) is 18.2 Å².